The largest absolute Gasteiger partial charge is 0.371 e. The monoisotopic (exact) mass is 283 g/mol. The Morgan fingerprint density at radius 3 is 2.52 bits per heavy atom. The number of para-hydroxylation sites is 1. The van der Waals surface area contributed by atoms with Crippen LogP contribution < -0.4 is 10.2 Å². The van der Waals surface area contributed by atoms with Gasteiger partial charge in [0.05, 0.1) is 5.52 Å². The van der Waals surface area contributed by atoms with Gasteiger partial charge in [0.15, 0.2) is 0 Å². The molecule has 0 amide bonds. The van der Waals surface area contributed by atoms with Gasteiger partial charge in [0.1, 0.15) is 0 Å². The van der Waals surface area contributed by atoms with E-state index in [-0.39, 0.29) is 5.54 Å². The van der Waals surface area contributed by atoms with Crippen molar-refractivity contribution in [2.24, 2.45) is 0 Å². The van der Waals surface area contributed by atoms with Gasteiger partial charge in [-0.15, -0.1) is 0 Å². The summed E-state index contributed by atoms with van der Waals surface area (Å²) >= 11 is 0. The molecule has 2 aromatic rings. The zero-order valence-corrected chi connectivity index (χ0v) is 13.3. The van der Waals surface area contributed by atoms with Crippen molar-refractivity contribution < 1.29 is 0 Å². The van der Waals surface area contributed by atoms with E-state index in [9.17, 15) is 0 Å². The Morgan fingerprint density at radius 2 is 1.81 bits per heavy atom. The molecule has 1 aliphatic rings. The van der Waals surface area contributed by atoms with E-state index in [0.29, 0.717) is 6.04 Å². The summed E-state index contributed by atoms with van der Waals surface area (Å²) < 4.78 is 0. The molecule has 1 N–H and O–H groups in total. The van der Waals surface area contributed by atoms with Gasteiger partial charge in [-0.2, -0.15) is 0 Å². The molecule has 1 aromatic heterocycles. The summed E-state index contributed by atoms with van der Waals surface area (Å²) in [7, 11) is 0. The minimum Gasteiger partial charge on any atom is -0.371 e. The van der Waals surface area contributed by atoms with Crippen molar-refractivity contribution in [3.8, 4) is 0 Å². The number of nitrogens with one attached hydrogen (secondary N) is 1. The summed E-state index contributed by atoms with van der Waals surface area (Å²) in [6.07, 6.45) is 4.33. The van der Waals surface area contributed by atoms with Crippen LogP contribution in [-0.2, 0) is 0 Å². The quantitative estimate of drug-likeness (QED) is 0.913. The van der Waals surface area contributed by atoms with E-state index in [2.05, 4.69) is 66.3 Å². The van der Waals surface area contributed by atoms with Crippen LogP contribution in [0.2, 0.25) is 0 Å². The van der Waals surface area contributed by atoms with Gasteiger partial charge >= 0.3 is 0 Å². The Hall–Kier alpha value is -1.61. The molecule has 1 aliphatic heterocycles. The van der Waals surface area contributed by atoms with Crippen LogP contribution in [-0.4, -0.2) is 29.7 Å². The lowest BCUT2D eigenvalue weighted by Gasteiger charge is -2.37. The lowest BCUT2D eigenvalue weighted by atomic mass is 9.99. The SMILES string of the molecule is CC(C)(C)NC1CCN(c2ccnc3ccccc23)CC1. The van der Waals surface area contributed by atoms with Crippen molar-refractivity contribution in [3.05, 3.63) is 36.5 Å². The molecule has 3 heteroatoms. The summed E-state index contributed by atoms with van der Waals surface area (Å²) in [5.74, 6) is 0. The Labute approximate surface area is 127 Å². The van der Waals surface area contributed by atoms with Gasteiger partial charge in [-0.3, -0.25) is 4.98 Å². The maximum absolute atomic E-state index is 4.46. The zero-order chi connectivity index (χ0) is 14.9. The molecule has 3 nitrogen and oxygen atoms in total. The highest BCUT2D eigenvalue weighted by molar-refractivity contribution is 5.91. The molecular formula is C18H25N3. The third-order valence-corrected chi connectivity index (χ3v) is 4.10. The number of pyridine rings is 1. The van der Waals surface area contributed by atoms with Gasteiger partial charge in [-0.1, -0.05) is 18.2 Å². The fourth-order valence-electron chi connectivity index (χ4n) is 3.23. The minimum atomic E-state index is 0.205. The van der Waals surface area contributed by atoms with Crippen molar-refractivity contribution in [1.29, 1.82) is 0 Å². The van der Waals surface area contributed by atoms with E-state index in [4.69, 9.17) is 0 Å². The lowest BCUT2D eigenvalue weighted by Crippen LogP contribution is -2.49. The van der Waals surface area contributed by atoms with Gasteiger partial charge < -0.3 is 10.2 Å². The number of hydrogen-bond donors (Lipinski definition) is 1. The van der Waals surface area contributed by atoms with Crippen LogP contribution in [0.4, 0.5) is 5.69 Å². The van der Waals surface area contributed by atoms with E-state index in [1.165, 1.54) is 23.9 Å². The maximum Gasteiger partial charge on any atom is 0.0722 e. The molecule has 0 atom stereocenters. The van der Waals surface area contributed by atoms with Crippen LogP contribution in [0.3, 0.4) is 0 Å². The highest BCUT2D eigenvalue weighted by Gasteiger charge is 2.23. The van der Waals surface area contributed by atoms with Gasteiger partial charge in [0, 0.05) is 41.9 Å². The van der Waals surface area contributed by atoms with Crippen molar-refractivity contribution >= 4 is 16.6 Å². The lowest BCUT2D eigenvalue weighted by molar-refractivity contribution is 0.317. The Morgan fingerprint density at radius 1 is 1.10 bits per heavy atom. The van der Waals surface area contributed by atoms with E-state index >= 15 is 0 Å². The topological polar surface area (TPSA) is 28.2 Å². The Bertz CT molecular complexity index is 602. The summed E-state index contributed by atoms with van der Waals surface area (Å²) in [6, 6.07) is 11.2. The molecule has 1 saturated heterocycles. The zero-order valence-electron chi connectivity index (χ0n) is 13.3. The molecule has 0 unspecified atom stereocenters. The second-order valence-corrected chi connectivity index (χ2v) is 7.00. The van der Waals surface area contributed by atoms with E-state index < -0.39 is 0 Å². The van der Waals surface area contributed by atoms with Crippen LogP contribution in [0.5, 0.6) is 0 Å². The predicted octanol–water partition coefficient (Wildman–Crippen LogP) is 3.59. The van der Waals surface area contributed by atoms with Crippen LogP contribution >= 0.6 is 0 Å². The summed E-state index contributed by atoms with van der Waals surface area (Å²) in [5.41, 5.74) is 2.62. The van der Waals surface area contributed by atoms with E-state index in [0.717, 1.165) is 18.6 Å². The van der Waals surface area contributed by atoms with Gasteiger partial charge in [0.25, 0.3) is 0 Å². The molecule has 1 fully saturated rings. The van der Waals surface area contributed by atoms with E-state index in [1.54, 1.807) is 0 Å². The third-order valence-electron chi connectivity index (χ3n) is 4.10. The van der Waals surface area contributed by atoms with Crippen molar-refractivity contribution in [3.63, 3.8) is 0 Å². The fourth-order valence-corrected chi connectivity index (χ4v) is 3.23. The minimum absolute atomic E-state index is 0.205. The van der Waals surface area contributed by atoms with Crippen molar-refractivity contribution in [1.82, 2.24) is 10.3 Å². The average Bonchev–Trinajstić information content (AvgIpc) is 2.46. The predicted molar refractivity (Wildman–Crippen MR) is 89.9 cm³/mol. The standard InChI is InChI=1S/C18H25N3/c1-18(2,3)20-14-9-12-21(13-10-14)17-8-11-19-16-7-5-4-6-15(16)17/h4-8,11,14,20H,9-10,12-13H2,1-3H3. The molecule has 3 rings (SSSR count). The molecule has 0 spiro atoms. The molecule has 0 bridgehead atoms. The first-order valence-corrected chi connectivity index (χ1v) is 7.89. The normalized spacial score (nSPS) is 17.4. The molecule has 112 valence electrons. The van der Waals surface area contributed by atoms with Gasteiger partial charge in [-0.25, -0.2) is 0 Å². The van der Waals surface area contributed by atoms with Crippen molar-refractivity contribution in [2.45, 2.75) is 45.2 Å². The Balaban J connectivity index is 1.74. The first-order chi connectivity index (χ1) is 10.0. The number of fused-ring (bicyclic) bond motifs is 1. The molecule has 2 heterocycles. The summed E-state index contributed by atoms with van der Waals surface area (Å²) in [4.78, 5) is 6.97. The molecular weight excluding hydrogens is 258 g/mol. The first-order valence-electron chi connectivity index (χ1n) is 7.89. The van der Waals surface area contributed by atoms with Crippen LogP contribution in [0.15, 0.2) is 36.5 Å². The maximum atomic E-state index is 4.46. The average molecular weight is 283 g/mol. The molecule has 0 aliphatic carbocycles. The number of aromatic nitrogens is 1. The van der Waals surface area contributed by atoms with Crippen molar-refractivity contribution in [2.75, 3.05) is 18.0 Å². The van der Waals surface area contributed by atoms with Crippen LogP contribution in [0.25, 0.3) is 10.9 Å². The van der Waals surface area contributed by atoms with Crippen LogP contribution in [0.1, 0.15) is 33.6 Å². The highest BCUT2D eigenvalue weighted by atomic mass is 15.2. The fraction of sp³-hybridized carbons (Fsp3) is 0.500. The number of nitrogens with zero attached hydrogens (tertiary/aromatic N) is 2. The van der Waals surface area contributed by atoms with E-state index in [1.807, 2.05) is 6.20 Å². The number of benzene rings is 1. The third kappa shape index (κ3) is 3.35. The Kier molecular flexibility index (Phi) is 3.85. The number of anilines is 1. The van der Waals surface area contributed by atoms with Gasteiger partial charge in [-0.05, 0) is 45.7 Å². The number of hydrogen-bond acceptors (Lipinski definition) is 3. The summed E-state index contributed by atoms with van der Waals surface area (Å²) in [5, 5.41) is 4.99. The smallest absolute Gasteiger partial charge is 0.0722 e. The number of rotatable bonds is 2. The number of piperidine rings is 1. The first kappa shape index (κ1) is 14.3. The molecule has 21 heavy (non-hydrogen) atoms. The van der Waals surface area contributed by atoms with Crippen LogP contribution in [0, 0.1) is 0 Å². The molecule has 1 aromatic carbocycles. The second kappa shape index (κ2) is 5.64. The molecule has 0 radical (unpaired) electrons. The molecule has 0 saturated carbocycles. The van der Waals surface area contributed by atoms with Gasteiger partial charge in [0.2, 0.25) is 0 Å². The second-order valence-electron chi connectivity index (χ2n) is 7.00. The summed E-state index contributed by atoms with van der Waals surface area (Å²) in [6.45, 7) is 8.96. The highest BCUT2D eigenvalue weighted by Crippen LogP contribution is 2.27.